The topological polar surface area (TPSA) is 102 Å². The van der Waals surface area contributed by atoms with Crippen molar-refractivity contribution in [2.45, 2.75) is 13.5 Å². The number of aromatic nitrogens is 4. The molecule has 0 radical (unpaired) electrons. The van der Waals surface area contributed by atoms with Crippen molar-refractivity contribution < 1.29 is 9.18 Å². The van der Waals surface area contributed by atoms with Gasteiger partial charge in [-0.3, -0.25) is 9.59 Å². The minimum absolute atomic E-state index is 0.161. The molecule has 138 valence electrons. The second kappa shape index (κ2) is 8.17. The highest BCUT2D eigenvalue weighted by Gasteiger charge is 2.08. The predicted molar refractivity (Wildman–Crippen MR) is 97.9 cm³/mol. The zero-order valence-electron chi connectivity index (χ0n) is 14.5. The van der Waals surface area contributed by atoms with Crippen molar-refractivity contribution in [3.63, 3.8) is 0 Å². The van der Waals surface area contributed by atoms with Gasteiger partial charge in [0.1, 0.15) is 12.4 Å². The molecule has 0 aliphatic rings. The maximum Gasteiger partial charge on any atom is 0.267 e. The fourth-order valence-corrected chi connectivity index (χ4v) is 2.29. The molecule has 0 atom stereocenters. The lowest BCUT2D eigenvalue weighted by atomic mass is 10.2. The summed E-state index contributed by atoms with van der Waals surface area (Å²) >= 11 is 0. The van der Waals surface area contributed by atoms with Crippen molar-refractivity contribution >= 4 is 17.5 Å². The van der Waals surface area contributed by atoms with E-state index in [4.69, 9.17) is 0 Å². The number of hydrogen-bond acceptors (Lipinski definition) is 6. The van der Waals surface area contributed by atoms with E-state index in [0.29, 0.717) is 29.4 Å². The number of rotatable bonds is 6. The zero-order chi connectivity index (χ0) is 19.2. The molecule has 27 heavy (non-hydrogen) atoms. The second-order valence-corrected chi connectivity index (χ2v) is 5.60. The van der Waals surface area contributed by atoms with Gasteiger partial charge in [0, 0.05) is 36.3 Å². The van der Waals surface area contributed by atoms with Crippen LogP contribution in [0.5, 0.6) is 0 Å². The van der Waals surface area contributed by atoms with Crippen LogP contribution in [0.4, 0.5) is 16.0 Å². The van der Waals surface area contributed by atoms with Crippen molar-refractivity contribution in [3.05, 3.63) is 65.0 Å². The molecule has 9 heteroatoms. The van der Waals surface area contributed by atoms with Crippen LogP contribution in [0.1, 0.15) is 6.92 Å². The fraction of sp³-hybridized carbons (Fsp3) is 0.167. The van der Waals surface area contributed by atoms with E-state index in [0.717, 1.165) is 4.68 Å². The number of halogens is 1. The molecule has 0 aliphatic carbocycles. The van der Waals surface area contributed by atoms with E-state index in [9.17, 15) is 14.0 Å². The Morgan fingerprint density at radius 2 is 1.81 bits per heavy atom. The lowest BCUT2D eigenvalue weighted by molar-refractivity contribution is -0.121. The van der Waals surface area contributed by atoms with E-state index in [2.05, 4.69) is 25.7 Å². The summed E-state index contributed by atoms with van der Waals surface area (Å²) in [5, 5.41) is 9.76. The largest absolute Gasteiger partial charge is 0.355 e. The molecule has 0 saturated heterocycles. The SMILES string of the molecule is CCNC(=O)Cn1nc(-c2cnc(Nc3ccc(F)cc3)nc2)ccc1=O. The van der Waals surface area contributed by atoms with Crippen molar-refractivity contribution in [2.24, 2.45) is 0 Å². The summed E-state index contributed by atoms with van der Waals surface area (Å²) in [5.41, 5.74) is 1.33. The monoisotopic (exact) mass is 368 g/mol. The van der Waals surface area contributed by atoms with E-state index in [1.807, 2.05) is 0 Å². The minimum Gasteiger partial charge on any atom is -0.355 e. The average Bonchev–Trinajstić information content (AvgIpc) is 2.66. The van der Waals surface area contributed by atoms with Crippen LogP contribution < -0.4 is 16.2 Å². The standard InChI is InChI=1S/C18H17FN6O2/c1-2-20-16(26)11-25-17(27)8-7-15(24-25)12-9-21-18(22-10-12)23-14-5-3-13(19)4-6-14/h3-10H,2,11H2,1H3,(H,20,26)(H,21,22,23). The molecule has 0 aliphatic heterocycles. The number of nitrogens with one attached hydrogen (secondary N) is 2. The van der Waals surface area contributed by atoms with Gasteiger partial charge >= 0.3 is 0 Å². The fourth-order valence-electron chi connectivity index (χ4n) is 2.29. The Bertz CT molecular complexity index is 986. The van der Waals surface area contributed by atoms with Gasteiger partial charge in [-0.25, -0.2) is 19.0 Å². The highest BCUT2D eigenvalue weighted by molar-refractivity contribution is 5.75. The predicted octanol–water partition coefficient (Wildman–Crippen LogP) is 1.72. The summed E-state index contributed by atoms with van der Waals surface area (Å²) < 4.78 is 14.0. The molecule has 2 heterocycles. The quantitative estimate of drug-likeness (QED) is 0.687. The summed E-state index contributed by atoms with van der Waals surface area (Å²) in [7, 11) is 0. The third kappa shape index (κ3) is 4.72. The Balaban J connectivity index is 1.77. The average molecular weight is 368 g/mol. The molecule has 0 fully saturated rings. The number of hydrogen-bond donors (Lipinski definition) is 2. The first-order valence-electron chi connectivity index (χ1n) is 8.25. The van der Waals surface area contributed by atoms with Crippen LogP contribution in [0.15, 0.2) is 53.6 Å². The Hall–Kier alpha value is -3.62. The molecule has 2 N–H and O–H groups in total. The molecule has 0 bridgehead atoms. The number of benzene rings is 1. The van der Waals surface area contributed by atoms with Gasteiger partial charge in [-0.15, -0.1) is 0 Å². The molecule has 0 spiro atoms. The normalized spacial score (nSPS) is 10.4. The summed E-state index contributed by atoms with van der Waals surface area (Å²) in [6.07, 6.45) is 3.09. The van der Waals surface area contributed by atoms with Crippen molar-refractivity contribution in [1.29, 1.82) is 0 Å². The number of likely N-dealkylation sites (N-methyl/N-ethyl adjacent to an activating group) is 1. The smallest absolute Gasteiger partial charge is 0.267 e. The minimum atomic E-state index is -0.375. The van der Waals surface area contributed by atoms with E-state index in [1.165, 1.54) is 18.2 Å². The van der Waals surface area contributed by atoms with Gasteiger partial charge in [-0.2, -0.15) is 5.10 Å². The van der Waals surface area contributed by atoms with Crippen LogP contribution in [-0.2, 0) is 11.3 Å². The summed E-state index contributed by atoms with van der Waals surface area (Å²) in [4.78, 5) is 31.9. The molecule has 1 amide bonds. The van der Waals surface area contributed by atoms with Crippen LogP contribution in [0.2, 0.25) is 0 Å². The highest BCUT2D eigenvalue weighted by atomic mass is 19.1. The van der Waals surface area contributed by atoms with Crippen molar-refractivity contribution in [1.82, 2.24) is 25.1 Å². The first kappa shape index (κ1) is 18.2. The number of carbonyl (C=O) groups excluding carboxylic acids is 1. The third-order valence-corrected chi connectivity index (χ3v) is 3.58. The molecule has 1 aromatic carbocycles. The Kier molecular flexibility index (Phi) is 5.50. The lowest BCUT2D eigenvalue weighted by Gasteiger charge is -2.08. The maximum absolute atomic E-state index is 12.9. The van der Waals surface area contributed by atoms with Gasteiger partial charge in [0.25, 0.3) is 5.56 Å². The maximum atomic E-state index is 12.9. The molecule has 3 rings (SSSR count). The van der Waals surface area contributed by atoms with Gasteiger partial charge in [0.05, 0.1) is 5.69 Å². The molecular formula is C18H17FN6O2. The molecule has 0 unspecified atom stereocenters. The first-order valence-corrected chi connectivity index (χ1v) is 8.25. The van der Waals surface area contributed by atoms with Gasteiger partial charge < -0.3 is 10.6 Å². The number of amides is 1. The summed E-state index contributed by atoms with van der Waals surface area (Å²) in [5.74, 6) is -0.286. The molecule has 8 nitrogen and oxygen atoms in total. The summed E-state index contributed by atoms with van der Waals surface area (Å²) in [6, 6.07) is 8.70. The van der Waals surface area contributed by atoms with Gasteiger partial charge in [0.15, 0.2) is 0 Å². The second-order valence-electron chi connectivity index (χ2n) is 5.60. The molecule has 3 aromatic rings. The van der Waals surface area contributed by atoms with Gasteiger partial charge in [-0.1, -0.05) is 0 Å². The first-order chi connectivity index (χ1) is 13.0. The molecular weight excluding hydrogens is 351 g/mol. The van der Waals surface area contributed by atoms with Crippen LogP contribution >= 0.6 is 0 Å². The van der Waals surface area contributed by atoms with Crippen LogP contribution in [0, 0.1) is 5.82 Å². The van der Waals surface area contributed by atoms with Crippen LogP contribution in [-0.4, -0.2) is 32.2 Å². The van der Waals surface area contributed by atoms with Gasteiger partial charge in [-0.05, 0) is 37.3 Å². The van der Waals surface area contributed by atoms with Crippen molar-refractivity contribution in [2.75, 3.05) is 11.9 Å². The van der Waals surface area contributed by atoms with Gasteiger partial charge in [0.2, 0.25) is 11.9 Å². The Morgan fingerprint density at radius 3 is 2.48 bits per heavy atom. The van der Waals surface area contributed by atoms with E-state index < -0.39 is 0 Å². The summed E-state index contributed by atoms with van der Waals surface area (Å²) in [6.45, 7) is 2.11. The van der Waals surface area contributed by atoms with E-state index >= 15 is 0 Å². The van der Waals surface area contributed by atoms with E-state index in [1.54, 1.807) is 37.5 Å². The van der Waals surface area contributed by atoms with Crippen molar-refractivity contribution in [3.8, 4) is 11.3 Å². The highest BCUT2D eigenvalue weighted by Crippen LogP contribution is 2.17. The Labute approximate surface area is 154 Å². The van der Waals surface area contributed by atoms with E-state index in [-0.39, 0.29) is 23.8 Å². The number of anilines is 2. The number of carbonyl (C=O) groups is 1. The number of nitrogens with zero attached hydrogens (tertiary/aromatic N) is 4. The third-order valence-electron chi connectivity index (χ3n) is 3.58. The van der Waals surface area contributed by atoms with Crippen LogP contribution in [0.25, 0.3) is 11.3 Å². The lowest BCUT2D eigenvalue weighted by Crippen LogP contribution is -2.33. The zero-order valence-corrected chi connectivity index (χ0v) is 14.5. The van der Waals surface area contributed by atoms with Crippen LogP contribution in [0.3, 0.4) is 0 Å². The Morgan fingerprint density at radius 1 is 1.11 bits per heavy atom. The molecule has 2 aromatic heterocycles. The molecule has 0 saturated carbocycles.